The first kappa shape index (κ1) is 19.8. The topological polar surface area (TPSA) is 136 Å². The molecule has 2 fully saturated rings. The number of fused-ring (bicyclic) bond motifs is 1. The first-order valence-corrected chi connectivity index (χ1v) is 8.70. The number of nitrogens with zero attached hydrogens (tertiary/aromatic N) is 2. The minimum absolute atomic E-state index is 0.0937. The summed E-state index contributed by atoms with van der Waals surface area (Å²) in [5.74, 6) is -2.98. The molecule has 3 unspecified atom stereocenters. The molecule has 1 aromatic carbocycles. The van der Waals surface area contributed by atoms with Crippen molar-refractivity contribution in [1.82, 2.24) is 4.90 Å². The molecule has 3 atom stereocenters. The van der Waals surface area contributed by atoms with Crippen LogP contribution in [0.25, 0.3) is 0 Å². The number of aliphatic carboxylic acids is 1. The molecule has 0 spiro atoms. The van der Waals surface area contributed by atoms with Crippen LogP contribution in [0.15, 0.2) is 24.3 Å². The van der Waals surface area contributed by atoms with Gasteiger partial charge in [-0.3, -0.25) is 19.8 Å². The molecule has 1 amide bonds. The Hall–Kier alpha value is -2.92. The number of carboxylic acids is 1. The van der Waals surface area contributed by atoms with E-state index in [0.29, 0.717) is 5.56 Å². The fraction of sp³-hybridized carbons (Fsp3) is 0.412. The molecule has 2 saturated heterocycles. The summed E-state index contributed by atoms with van der Waals surface area (Å²) in [4.78, 5) is 56.6. The largest absolute Gasteiger partial charge is 0.479 e. The summed E-state index contributed by atoms with van der Waals surface area (Å²) >= 11 is 5.10. The Labute approximate surface area is 164 Å². The van der Waals surface area contributed by atoms with E-state index in [0.717, 1.165) is 0 Å². The first-order valence-electron chi connectivity index (χ1n) is 8.29. The summed E-state index contributed by atoms with van der Waals surface area (Å²) in [5.41, 5.74) is -0.367. The number of hydrogen-bond acceptors (Lipinski definition) is 8. The molecule has 11 heteroatoms. The summed E-state index contributed by atoms with van der Waals surface area (Å²) in [5, 5.41) is 19.8. The van der Waals surface area contributed by atoms with Gasteiger partial charge in [0.25, 0.3) is 5.69 Å². The van der Waals surface area contributed by atoms with Crippen LogP contribution in [0.4, 0.5) is 5.69 Å². The molecule has 0 saturated carbocycles. The summed E-state index contributed by atoms with van der Waals surface area (Å²) in [6, 6.07) is 4.29. The molecular weight excluding hydrogens is 392 g/mol. The van der Waals surface area contributed by atoms with Crippen molar-refractivity contribution in [2.45, 2.75) is 31.3 Å². The Kier molecular flexibility index (Phi) is 5.13. The average Bonchev–Trinajstić information content (AvgIpc) is 2.86. The quantitative estimate of drug-likeness (QED) is 0.231. The van der Waals surface area contributed by atoms with Gasteiger partial charge in [0.05, 0.1) is 22.8 Å². The van der Waals surface area contributed by atoms with Gasteiger partial charge in [-0.05, 0) is 12.5 Å². The third-order valence-corrected chi connectivity index (χ3v) is 5.42. The van der Waals surface area contributed by atoms with Gasteiger partial charge in [0.15, 0.2) is 6.04 Å². The summed E-state index contributed by atoms with van der Waals surface area (Å²) < 4.78 is 0. The number of nitro groups is 1. The highest BCUT2D eigenvalue weighted by molar-refractivity contribution is 7.80. The van der Waals surface area contributed by atoms with Crippen molar-refractivity contribution in [3.05, 3.63) is 39.9 Å². The number of β-lactam (4-membered cyclic amide) rings is 1. The zero-order valence-corrected chi connectivity index (χ0v) is 15.5. The van der Waals surface area contributed by atoms with Crippen LogP contribution in [-0.4, -0.2) is 55.8 Å². The van der Waals surface area contributed by atoms with Crippen LogP contribution in [0, 0.1) is 16.0 Å². The Morgan fingerprint density at radius 3 is 2.61 bits per heavy atom. The zero-order chi connectivity index (χ0) is 20.6. The monoisotopic (exact) mass is 408 g/mol. The fourth-order valence-electron chi connectivity index (χ4n) is 3.61. The van der Waals surface area contributed by atoms with Crippen molar-refractivity contribution in [2.24, 2.45) is 5.92 Å². The molecule has 2 heterocycles. The van der Waals surface area contributed by atoms with E-state index in [1.54, 1.807) is 6.92 Å². The number of carboxylic acid groups (broad SMARTS) is 1. The van der Waals surface area contributed by atoms with Gasteiger partial charge in [0.2, 0.25) is 5.91 Å². The van der Waals surface area contributed by atoms with Crippen LogP contribution in [0.2, 0.25) is 0 Å². The molecule has 10 nitrogen and oxygen atoms in total. The molecular formula is C17H16N2O8S. The Morgan fingerprint density at radius 1 is 1.39 bits per heavy atom. The van der Waals surface area contributed by atoms with E-state index in [1.807, 2.05) is 0 Å². The summed E-state index contributed by atoms with van der Waals surface area (Å²) in [6.07, 6.45) is 0.0982. The maximum absolute atomic E-state index is 12.3. The standard InChI is InChI=1S/C17H16N2O8S/c1-17-7-12(28)14(16(22)23)18(17)15(21)11(17)8-26-27-13(20)6-9-2-4-10(5-3-9)19(24)25/h2-5,11,14H,6-8H2,1H3,(H,22,23). The number of hydrogen-bond donors (Lipinski definition) is 1. The molecule has 0 aromatic heterocycles. The van der Waals surface area contributed by atoms with Crippen molar-refractivity contribution < 1.29 is 34.2 Å². The minimum atomic E-state index is -1.17. The van der Waals surface area contributed by atoms with E-state index < -0.39 is 40.3 Å². The van der Waals surface area contributed by atoms with Gasteiger partial charge in [-0.25, -0.2) is 9.59 Å². The summed E-state index contributed by atoms with van der Waals surface area (Å²) in [6.45, 7) is 1.50. The number of non-ortho nitro benzene ring substituents is 1. The van der Waals surface area contributed by atoms with E-state index >= 15 is 0 Å². The minimum Gasteiger partial charge on any atom is -0.479 e. The van der Waals surface area contributed by atoms with Crippen LogP contribution in [0.1, 0.15) is 18.9 Å². The molecule has 1 N–H and O–H groups in total. The predicted molar refractivity (Wildman–Crippen MR) is 96.2 cm³/mol. The summed E-state index contributed by atoms with van der Waals surface area (Å²) in [7, 11) is 0. The number of benzene rings is 1. The van der Waals surface area contributed by atoms with Crippen LogP contribution in [-0.2, 0) is 30.6 Å². The molecule has 3 rings (SSSR count). The lowest BCUT2D eigenvalue weighted by Crippen LogP contribution is -2.70. The lowest BCUT2D eigenvalue weighted by molar-refractivity contribution is -0.384. The lowest BCUT2D eigenvalue weighted by atomic mass is 9.75. The van der Waals surface area contributed by atoms with E-state index in [1.165, 1.54) is 29.2 Å². The maximum atomic E-state index is 12.3. The molecule has 2 aliphatic rings. The van der Waals surface area contributed by atoms with E-state index in [-0.39, 0.29) is 30.0 Å². The number of amides is 1. The molecule has 0 aliphatic carbocycles. The number of nitro benzene ring substituents is 1. The normalized spacial score (nSPS) is 25.8. The lowest BCUT2D eigenvalue weighted by Gasteiger charge is -2.52. The zero-order valence-electron chi connectivity index (χ0n) is 14.7. The van der Waals surface area contributed by atoms with Gasteiger partial charge in [0, 0.05) is 23.4 Å². The number of rotatable bonds is 7. The van der Waals surface area contributed by atoms with Crippen molar-refractivity contribution >= 4 is 40.6 Å². The molecule has 1 aromatic rings. The molecule has 2 aliphatic heterocycles. The number of carbonyl (C=O) groups is 3. The first-order chi connectivity index (χ1) is 13.1. The Morgan fingerprint density at radius 2 is 2.04 bits per heavy atom. The van der Waals surface area contributed by atoms with Gasteiger partial charge in [-0.15, -0.1) is 0 Å². The van der Waals surface area contributed by atoms with Crippen molar-refractivity contribution in [2.75, 3.05) is 6.61 Å². The second-order valence-electron chi connectivity index (χ2n) is 6.84. The van der Waals surface area contributed by atoms with Crippen LogP contribution in [0.5, 0.6) is 0 Å². The van der Waals surface area contributed by atoms with Gasteiger partial charge < -0.3 is 10.0 Å². The highest BCUT2D eigenvalue weighted by atomic mass is 32.1. The fourth-order valence-corrected chi connectivity index (χ4v) is 4.11. The van der Waals surface area contributed by atoms with Gasteiger partial charge in [0.1, 0.15) is 6.61 Å². The second kappa shape index (κ2) is 7.24. The highest BCUT2D eigenvalue weighted by Crippen LogP contribution is 2.48. The Bertz CT molecular complexity index is 870. The maximum Gasteiger partial charge on any atom is 0.346 e. The van der Waals surface area contributed by atoms with Crippen molar-refractivity contribution in [3.8, 4) is 0 Å². The highest BCUT2D eigenvalue weighted by Gasteiger charge is 2.66. The van der Waals surface area contributed by atoms with Crippen LogP contribution in [0.3, 0.4) is 0 Å². The predicted octanol–water partition coefficient (Wildman–Crippen LogP) is 1.06. The van der Waals surface area contributed by atoms with Crippen LogP contribution >= 0.6 is 12.2 Å². The third kappa shape index (κ3) is 3.34. The van der Waals surface area contributed by atoms with Gasteiger partial charge in [-0.2, -0.15) is 4.89 Å². The molecule has 0 bridgehead atoms. The van der Waals surface area contributed by atoms with E-state index in [9.17, 15) is 29.6 Å². The van der Waals surface area contributed by atoms with Gasteiger partial charge in [-0.1, -0.05) is 24.4 Å². The molecule has 28 heavy (non-hydrogen) atoms. The van der Waals surface area contributed by atoms with Crippen molar-refractivity contribution in [3.63, 3.8) is 0 Å². The molecule has 0 radical (unpaired) electrons. The SMILES string of the molecule is CC12CC(=S)C(C(=O)O)N1C(=O)C2COOC(=O)Cc1ccc([N+](=O)[O-])cc1. The third-order valence-electron chi connectivity index (χ3n) is 5.05. The van der Waals surface area contributed by atoms with Crippen molar-refractivity contribution in [1.29, 1.82) is 0 Å². The van der Waals surface area contributed by atoms with Crippen LogP contribution < -0.4 is 0 Å². The number of carbonyl (C=O) groups excluding carboxylic acids is 2. The van der Waals surface area contributed by atoms with E-state index in [2.05, 4.69) is 4.89 Å². The smallest absolute Gasteiger partial charge is 0.346 e. The van der Waals surface area contributed by atoms with E-state index in [4.69, 9.17) is 17.1 Å². The molecule has 148 valence electrons. The number of thiocarbonyl (C=S) groups is 1. The average molecular weight is 408 g/mol. The second-order valence-corrected chi connectivity index (χ2v) is 7.37. The van der Waals surface area contributed by atoms with Gasteiger partial charge >= 0.3 is 11.9 Å². The Balaban J connectivity index is 1.51.